The van der Waals surface area contributed by atoms with Crippen molar-refractivity contribution in [2.45, 2.75) is 51.2 Å². The highest BCUT2D eigenvalue weighted by Gasteiger charge is 2.35. The molecule has 0 aromatic rings. The van der Waals surface area contributed by atoms with E-state index in [0.717, 1.165) is 69.9 Å². The predicted molar refractivity (Wildman–Crippen MR) is 91.4 cm³/mol. The van der Waals surface area contributed by atoms with E-state index in [-0.39, 0.29) is 17.9 Å². The number of ether oxygens (including phenoxy) is 1. The Balaban J connectivity index is 1.61. The summed E-state index contributed by atoms with van der Waals surface area (Å²) in [7, 11) is 0. The second-order valence-corrected chi connectivity index (χ2v) is 8.07. The van der Waals surface area contributed by atoms with E-state index in [1.165, 1.54) is 0 Å². The molecule has 3 heterocycles. The number of likely N-dealkylation sites (tertiary alicyclic amines) is 1. The molecule has 0 bridgehead atoms. The third-order valence-electron chi connectivity index (χ3n) is 5.34. The van der Waals surface area contributed by atoms with E-state index in [1.54, 1.807) is 6.92 Å². The molecule has 3 saturated heterocycles. The van der Waals surface area contributed by atoms with Gasteiger partial charge in [-0.15, -0.1) is 0 Å². The molecule has 3 aliphatic rings. The maximum absolute atomic E-state index is 13.1. The van der Waals surface area contributed by atoms with Crippen molar-refractivity contribution in [2.75, 3.05) is 37.7 Å². The fraction of sp³-hybridized carbons (Fsp3) is 0.882. The number of rotatable bonds is 4. The van der Waals surface area contributed by atoms with Gasteiger partial charge in [0.2, 0.25) is 11.8 Å². The summed E-state index contributed by atoms with van der Waals surface area (Å²) in [6.45, 7) is 4.65. The fourth-order valence-corrected chi connectivity index (χ4v) is 5.09. The first-order valence-electron chi connectivity index (χ1n) is 8.90. The summed E-state index contributed by atoms with van der Waals surface area (Å²) in [5, 5.41) is 0. The van der Waals surface area contributed by atoms with Gasteiger partial charge < -0.3 is 14.5 Å². The molecule has 3 aliphatic heterocycles. The van der Waals surface area contributed by atoms with Gasteiger partial charge in [-0.2, -0.15) is 11.8 Å². The van der Waals surface area contributed by atoms with Crippen LogP contribution in [0.5, 0.6) is 0 Å². The highest BCUT2D eigenvalue weighted by molar-refractivity contribution is 7.99. The Morgan fingerprint density at radius 1 is 1.22 bits per heavy atom. The summed E-state index contributed by atoms with van der Waals surface area (Å²) in [5.74, 6) is 2.72. The summed E-state index contributed by atoms with van der Waals surface area (Å²) in [6, 6.07) is 0.377. The van der Waals surface area contributed by atoms with E-state index >= 15 is 0 Å². The smallest absolute Gasteiger partial charge is 0.226 e. The van der Waals surface area contributed by atoms with Crippen LogP contribution in [0.3, 0.4) is 0 Å². The maximum Gasteiger partial charge on any atom is 0.226 e. The lowest BCUT2D eigenvalue weighted by atomic mass is 9.94. The summed E-state index contributed by atoms with van der Waals surface area (Å²) >= 11 is 1.95. The zero-order chi connectivity index (χ0) is 16.2. The van der Waals surface area contributed by atoms with Gasteiger partial charge in [-0.25, -0.2) is 0 Å². The molecule has 130 valence electrons. The Hall–Kier alpha value is -0.750. The summed E-state index contributed by atoms with van der Waals surface area (Å²) < 4.78 is 5.78. The number of hydrogen-bond donors (Lipinski definition) is 0. The van der Waals surface area contributed by atoms with Gasteiger partial charge in [0.25, 0.3) is 0 Å². The third-order valence-corrected chi connectivity index (χ3v) is 6.49. The number of amides is 2. The summed E-state index contributed by atoms with van der Waals surface area (Å²) in [5.41, 5.74) is 0. The quantitative estimate of drug-likeness (QED) is 0.782. The molecule has 5 nitrogen and oxygen atoms in total. The largest absolute Gasteiger partial charge is 0.376 e. The number of thioether (sulfide) groups is 1. The zero-order valence-electron chi connectivity index (χ0n) is 14.0. The van der Waals surface area contributed by atoms with Crippen molar-refractivity contribution in [3.8, 4) is 0 Å². The molecule has 0 spiro atoms. The van der Waals surface area contributed by atoms with Crippen LogP contribution >= 0.6 is 11.8 Å². The standard InChI is InChI=1S/C17H28N2O3S/c1-13(20)18-7-4-14(5-8-18)17(21)19(15-6-10-23-12-15)11-16-3-2-9-22-16/h14-16H,2-12H2,1H3/t15-,16+/m0/s1. The van der Waals surface area contributed by atoms with Crippen LogP contribution in [0.2, 0.25) is 0 Å². The third kappa shape index (κ3) is 4.21. The van der Waals surface area contributed by atoms with Crippen molar-refractivity contribution in [3.05, 3.63) is 0 Å². The SMILES string of the molecule is CC(=O)N1CCC(C(=O)N(C[C@H]2CCCO2)[C@H]2CCSC2)CC1. The second kappa shape index (κ2) is 7.88. The number of piperidine rings is 1. The molecule has 3 fully saturated rings. The Kier molecular flexibility index (Phi) is 5.85. The minimum Gasteiger partial charge on any atom is -0.376 e. The predicted octanol–water partition coefficient (Wildman–Crippen LogP) is 1.76. The number of carbonyl (C=O) groups is 2. The van der Waals surface area contributed by atoms with Crippen LogP contribution in [-0.4, -0.2) is 71.5 Å². The topological polar surface area (TPSA) is 49.9 Å². The lowest BCUT2D eigenvalue weighted by Gasteiger charge is -2.37. The Bertz CT molecular complexity index is 426. The molecule has 0 N–H and O–H groups in total. The molecule has 0 aromatic heterocycles. The molecule has 3 rings (SSSR count). The minimum absolute atomic E-state index is 0.0811. The fourth-order valence-electron chi connectivity index (χ4n) is 3.87. The van der Waals surface area contributed by atoms with E-state index in [0.29, 0.717) is 11.9 Å². The maximum atomic E-state index is 13.1. The van der Waals surface area contributed by atoms with Crippen molar-refractivity contribution >= 4 is 23.6 Å². The van der Waals surface area contributed by atoms with E-state index in [4.69, 9.17) is 4.74 Å². The normalized spacial score (nSPS) is 29.0. The molecule has 2 amide bonds. The number of nitrogens with zero attached hydrogens (tertiary/aromatic N) is 2. The Morgan fingerprint density at radius 3 is 2.57 bits per heavy atom. The highest BCUT2D eigenvalue weighted by atomic mass is 32.2. The van der Waals surface area contributed by atoms with Crippen molar-refractivity contribution in [3.63, 3.8) is 0 Å². The van der Waals surface area contributed by atoms with Gasteiger partial charge >= 0.3 is 0 Å². The van der Waals surface area contributed by atoms with E-state index in [1.807, 2.05) is 16.7 Å². The first kappa shape index (κ1) is 17.1. The molecule has 2 atom stereocenters. The van der Waals surface area contributed by atoms with Crippen LogP contribution in [0.4, 0.5) is 0 Å². The lowest BCUT2D eigenvalue weighted by molar-refractivity contribution is -0.143. The molecule has 6 heteroatoms. The monoisotopic (exact) mass is 340 g/mol. The molecule has 0 saturated carbocycles. The molecule has 0 aromatic carbocycles. The summed E-state index contributed by atoms with van der Waals surface area (Å²) in [4.78, 5) is 28.6. The van der Waals surface area contributed by atoms with Crippen molar-refractivity contribution in [2.24, 2.45) is 5.92 Å². The van der Waals surface area contributed by atoms with Crippen LogP contribution in [-0.2, 0) is 14.3 Å². The van der Waals surface area contributed by atoms with Crippen LogP contribution in [0.1, 0.15) is 39.0 Å². The molecular weight excluding hydrogens is 312 g/mol. The van der Waals surface area contributed by atoms with Crippen LogP contribution in [0.25, 0.3) is 0 Å². The van der Waals surface area contributed by atoms with Gasteiger partial charge in [0.1, 0.15) is 0 Å². The molecular formula is C17H28N2O3S. The number of carbonyl (C=O) groups excluding carboxylic acids is 2. The van der Waals surface area contributed by atoms with Gasteiger partial charge in [-0.3, -0.25) is 9.59 Å². The average Bonchev–Trinajstić information content (AvgIpc) is 3.25. The molecule has 0 aliphatic carbocycles. The van der Waals surface area contributed by atoms with E-state index in [9.17, 15) is 9.59 Å². The van der Waals surface area contributed by atoms with Gasteiger partial charge in [-0.1, -0.05) is 0 Å². The zero-order valence-corrected chi connectivity index (χ0v) is 14.9. The van der Waals surface area contributed by atoms with Crippen LogP contribution in [0, 0.1) is 5.92 Å². The van der Waals surface area contributed by atoms with Crippen molar-refractivity contribution < 1.29 is 14.3 Å². The Morgan fingerprint density at radius 2 is 2.00 bits per heavy atom. The van der Waals surface area contributed by atoms with E-state index in [2.05, 4.69) is 4.90 Å². The molecule has 0 radical (unpaired) electrons. The average molecular weight is 340 g/mol. The van der Waals surface area contributed by atoms with Gasteiger partial charge in [0.05, 0.1) is 6.10 Å². The van der Waals surface area contributed by atoms with Crippen molar-refractivity contribution in [1.82, 2.24) is 9.80 Å². The molecule has 23 heavy (non-hydrogen) atoms. The van der Waals surface area contributed by atoms with Gasteiger partial charge in [0.15, 0.2) is 0 Å². The van der Waals surface area contributed by atoms with Gasteiger partial charge in [0, 0.05) is 50.9 Å². The van der Waals surface area contributed by atoms with Crippen molar-refractivity contribution in [1.29, 1.82) is 0 Å². The van der Waals surface area contributed by atoms with Gasteiger partial charge in [-0.05, 0) is 37.9 Å². The first-order chi connectivity index (χ1) is 11.1. The summed E-state index contributed by atoms with van der Waals surface area (Å²) in [6.07, 6.45) is 5.13. The first-order valence-corrected chi connectivity index (χ1v) is 10.1. The minimum atomic E-state index is 0.0811. The Labute approximate surface area is 143 Å². The highest BCUT2D eigenvalue weighted by Crippen LogP contribution is 2.28. The van der Waals surface area contributed by atoms with Crippen LogP contribution < -0.4 is 0 Å². The van der Waals surface area contributed by atoms with E-state index < -0.39 is 0 Å². The second-order valence-electron chi connectivity index (χ2n) is 6.92. The lowest BCUT2D eigenvalue weighted by Crippen LogP contribution is -2.49. The van der Waals surface area contributed by atoms with Crippen LogP contribution in [0.15, 0.2) is 0 Å². The number of hydrogen-bond acceptors (Lipinski definition) is 4. The molecule has 0 unspecified atom stereocenters.